The number of carbonyl (C=O) groups is 1. The topological polar surface area (TPSA) is 63.9 Å². The fourth-order valence-corrected chi connectivity index (χ4v) is 3.75. The Hall–Kier alpha value is -2.06. The van der Waals surface area contributed by atoms with Crippen LogP contribution in [0.4, 0.5) is 0 Å². The average molecular weight is 392 g/mol. The molecule has 3 rings (SSSR count). The summed E-state index contributed by atoms with van der Waals surface area (Å²) in [5.74, 6) is -0.0388. The van der Waals surface area contributed by atoms with Gasteiger partial charge < -0.3 is 4.90 Å². The third-order valence-electron chi connectivity index (χ3n) is 3.37. The monoisotopic (exact) mass is 391 g/mol. The van der Waals surface area contributed by atoms with Crippen molar-refractivity contribution < 1.29 is 4.79 Å². The summed E-state index contributed by atoms with van der Waals surface area (Å²) in [6.45, 7) is 3.17. The van der Waals surface area contributed by atoms with Gasteiger partial charge in [0.25, 0.3) is 5.91 Å². The summed E-state index contributed by atoms with van der Waals surface area (Å²) in [7, 11) is 0. The van der Waals surface area contributed by atoms with E-state index in [1.54, 1.807) is 17.4 Å². The number of amides is 1. The van der Waals surface area contributed by atoms with Gasteiger partial charge in [0.1, 0.15) is 6.33 Å². The number of carbonyl (C=O) groups excluding carboxylic acids is 1. The number of hydrogen-bond acceptors (Lipinski definition) is 5. The van der Waals surface area contributed by atoms with E-state index in [0.717, 1.165) is 8.66 Å². The Morgan fingerprint density at radius 1 is 1.30 bits per heavy atom. The largest absolute Gasteiger partial charge is 0.334 e. The van der Waals surface area contributed by atoms with E-state index in [9.17, 15) is 4.79 Å². The zero-order valence-corrected chi connectivity index (χ0v) is 14.8. The zero-order valence-electron chi connectivity index (χ0n) is 12.4. The maximum atomic E-state index is 12.9. The van der Waals surface area contributed by atoms with Gasteiger partial charge in [-0.1, -0.05) is 12.1 Å². The van der Waals surface area contributed by atoms with Gasteiger partial charge in [-0.2, -0.15) is 4.68 Å². The first-order chi connectivity index (χ1) is 11.2. The van der Waals surface area contributed by atoms with Crippen LogP contribution in [0.5, 0.6) is 0 Å². The number of para-hydroxylation sites is 1. The minimum absolute atomic E-state index is 0.0388. The molecule has 0 bridgehead atoms. The molecule has 1 amide bonds. The number of rotatable bonds is 5. The van der Waals surface area contributed by atoms with Gasteiger partial charge in [-0.05, 0) is 57.5 Å². The van der Waals surface area contributed by atoms with Gasteiger partial charge >= 0.3 is 0 Å². The van der Waals surface area contributed by atoms with Crippen molar-refractivity contribution in [2.45, 2.75) is 13.5 Å². The van der Waals surface area contributed by atoms with Gasteiger partial charge in [0.15, 0.2) is 0 Å². The highest BCUT2D eigenvalue weighted by Crippen LogP contribution is 2.24. The van der Waals surface area contributed by atoms with E-state index in [0.29, 0.717) is 24.3 Å². The molecule has 0 fully saturated rings. The van der Waals surface area contributed by atoms with E-state index < -0.39 is 0 Å². The normalized spacial score (nSPS) is 10.7. The molecule has 23 heavy (non-hydrogen) atoms. The second-order valence-electron chi connectivity index (χ2n) is 4.80. The molecule has 0 spiro atoms. The molecule has 118 valence electrons. The van der Waals surface area contributed by atoms with Gasteiger partial charge in [-0.15, -0.1) is 16.4 Å². The van der Waals surface area contributed by atoms with Gasteiger partial charge in [0.05, 0.1) is 21.6 Å². The summed E-state index contributed by atoms with van der Waals surface area (Å²) < 4.78 is 2.56. The van der Waals surface area contributed by atoms with Crippen molar-refractivity contribution >= 4 is 33.2 Å². The Morgan fingerprint density at radius 2 is 2.13 bits per heavy atom. The molecule has 0 N–H and O–H groups in total. The Balaban J connectivity index is 1.89. The van der Waals surface area contributed by atoms with Crippen molar-refractivity contribution in [2.75, 3.05) is 6.54 Å². The quantitative estimate of drug-likeness (QED) is 0.669. The second-order valence-corrected chi connectivity index (χ2v) is 7.34. The fourth-order valence-electron chi connectivity index (χ4n) is 2.25. The lowest BCUT2D eigenvalue weighted by Crippen LogP contribution is -2.30. The van der Waals surface area contributed by atoms with Gasteiger partial charge in [0, 0.05) is 11.4 Å². The summed E-state index contributed by atoms with van der Waals surface area (Å²) in [6, 6.07) is 11.4. The van der Waals surface area contributed by atoms with Crippen LogP contribution in [0, 0.1) is 0 Å². The summed E-state index contributed by atoms with van der Waals surface area (Å²) in [6.07, 6.45) is 1.48. The van der Waals surface area contributed by atoms with Crippen molar-refractivity contribution in [1.29, 1.82) is 0 Å². The third-order valence-corrected chi connectivity index (χ3v) is 4.98. The Morgan fingerprint density at radius 3 is 2.78 bits per heavy atom. The molecule has 0 unspecified atom stereocenters. The van der Waals surface area contributed by atoms with Gasteiger partial charge in [-0.25, -0.2) is 0 Å². The van der Waals surface area contributed by atoms with Gasteiger partial charge in [-0.3, -0.25) is 4.79 Å². The van der Waals surface area contributed by atoms with E-state index in [1.165, 1.54) is 11.0 Å². The third kappa shape index (κ3) is 3.48. The van der Waals surface area contributed by atoms with E-state index in [2.05, 4.69) is 31.5 Å². The van der Waals surface area contributed by atoms with Crippen molar-refractivity contribution in [3.63, 3.8) is 0 Å². The molecule has 0 saturated carbocycles. The van der Waals surface area contributed by atoms with E-state index >= 15 is 0 Å². The van der Waals surface area contributed by atoms with Crippen LogP contribution < -0.4 is 0 Å². The first-order valence-corrected chi connectivity index (χ1v) is 8.66. The molecule has 3 aromatic rings. The predicted molar refractivity (Wildman–Crippen MR) is 91.6 cm³/mol. The molecule has 0 atom stereocenters. The molecule has 2 aromatic heterocycles. The molecule has 0 aliphatic rings. The van der Waals surface area contributed by atoms with Crippen LogP contribution in [0.2, 0.25) is 0 Å². The SMILES string of the molecule is CCN(Cc1ccc(Br)s1)C(=O)c1ccccc1-n1cnnn1. The molecule has 6 nitrogen and oxygen atoms in total. The maximum absolute atomic E-state index is 12.9. The Kier molecular flexibility index (Phi) is 4.82. The molecule has 0 aliphatic heterocycles. The standard InChI is InChI=1S/C15H14BrN5OS/c1-2-20(9-11-7-8-14(16)23-11)15(22)12-5-3-4-6-13(12)21-10-17-18-19-21/h3-8,10H,2,9H2,1H3. The minimum Gasteiger partial charge on any atom is -0.334 e. The lowest BCUT2D eigenvalue weighted by molar-refractivity contribution is 0.0754. The smallest absolute Gasteiger partial charge is 0.256 e. The fraction of sp³-hybridized carbons (Fsp3) is 0.200. The van der Waals surface area contributed by atoms with E-state index in [-0.39, 0.29) is 5.91 Å². The summed E-state index contributed by atoms with van der Waals surface area (Å²) in [4.78, 5) is 15.9. The summed E-state index contributed by atoms with van der Waals surface area (Å²) in [5, 5.41) is 11.2. The number of nitrogens with zero attached hydrogens (tertiary/aromatic N) is 5. The molecular formula is C15H14BrN5OS. The van der Waals surface area contributed by atoms with Crippen molar-refractivity contribution in [1.82, 2.24) is 25.1 Å². The highest BCUT2D eigenvalue weighted by molar-refractivity contribution is 9.11. The minimum atomic E-state index is -0.0388. The number of tetrazole rings is 1. The number of halogens is 1. The molecule has 1 aromatic carbocycles. The van der Waals surface area contributed by atoms with Crippen LogP contribution in [-0.2, 0) is 6.54 Å². The number of aromatic nitrogens is 4. The van der Waals surface area contributed by atoms with Crippen molar-refractivity contribution in [3.8, 4) is 5.69 Å². The lowest BCUT2D eigenvalue weighted by Gasteiger charge is -2.21. The molecule has 8 heteroatoms. The van der Waals surface area contributed by atoms with E-state index in [4.69, 9.17) is 0 Å². The molecule has 0 saturated heterocycles. The zero-order chi connectivity index (χ0) is 16.2. The van der Waals surface area contributed by atoms with Crippen LogP contribution in [0.15, 0.2) is 46.5 Å². The van der Waals surface area contributed by atoms with Crippen LogP contribution in [0.1, 0.15) is 22.2 Å². The van der Waals surface area contributed by atoms with Crippen LogP contribution in [0.3, 0.4) is 0 Å². The molecule has 0 aliphatic carbocycles. The first kappa shape index (κ1) is 15.8. The summed E-state index contributed by atoms with van der Waals surface area (Å²) >= 11 is 5.08. The van der Waals surface area contributed by atoms with E-state index in [1.807, 2.05) is 42.2 Å². The Labute approximate surface area is 145 Å². The predicted octanol–water partition coefficient (Wildman–Crippen LogP) is 3.15. The van der Waals surface area contributed by atoms with Crippen molar-refractivity contribution in [3.05, 3.63) is 57.0 Å². The van der Waals surface area contributed by atoms with Gasteiger partial charge in [0.2, 0.25) is 0 Å². The highest BCUT2D eigenvalue weighted by atomic mass is 79.9. The summed E-state index contributed by atoms with van der Waals surface area (Å²) in [5.41, 5.74) is 1.26. The molecule has 0 radical (unpaired) electrons. The Bertz CT molecular complexity index is 802. The first-order valence-electron chi connectivity index (χ1n) is 7.05. The lowest BCUT2D eigenvalue weighted by atomic mass is 10.1. The number of thiophene rings is 1. The maximum Gasteiger partial charge on any atom is 0.256 e. The van der Waals surface area contributed by atoms with Crippen LogP contribution in [0.25, 0.3) is 5.69 Å². The molecular weight excluding hydrogens is 378 g/mol. The number of hydrogen-bond donors (Lipinski definition) is 0. The van der Waals surface area contributed by atoms with Crippen molar-refractivity contribution in [2.24, 2.45) is 0 Å². The average Bonchev–Trinajstić information content (AvgIpc) is 3.23. The highest BCUT2D eigenvalue weighted by Gasteiger charge is 2.19. The number of benzene rings is 1. The van der Waals surface area contributed by atoms with Crippen LogP contribution in [-0.4, -0.2) is 37.6 Å². The second kappa shape index (κ2) is 7.01. The molecule has 2 heterocycles. The van der Waals surface area contributed by atoms with Crippen LogP contribution >= 0.6 is 27.3 Å².